The number of aromatic nitrogens is 3. The highest BCUT2D eigenvalue weighted by atomic mass is 32.1. The zero-order chi connectivity index (χ0) is 13.1. The largest absolute Gasteiger partial charge is 0.346 e. The van der Waals surface area contributed by atoms with E-state index in [1.54, 1.807) is 22.1 Å². The highest BCUT2D eigenvalue weighted by molar-refractivity contribution is 7.12. The van der Waals surface area contributed by atoms with Gasteiger partial charge in [0.05, 0.1) is 17.6 Å². The zero-order valence-electron chi connectivity index (χ0n) is 9.81. The van der Waals surface area contributed by atoms with Gasteiger partial charge in [0.2, 0.25) is 0 Å². The summed E-state index contributed by atoms with van der Waals surface area (Å²) in [6.45, 7) is 0.377. The van der Waals surface area contributed by atoms with Gasteiger partial charge in [0.25, 0.3) is 5.91 Å². The van der Waals surface area contributed by atoms with Crippen LogP contribution in [0.3, 0.4) is 0 Å². The van der Waals surface area contributed by atoms with Crippen molar-refractivity contribution in [2.24, 2.45) is 0 Å². The molecule has 3 aromatic heterocycles. The second-order valence-corrected chi connectivity index (χ2v) is 5.64. The average molecular weight is 290 g/mol. The van der Waals surface area contributed by atoms with Gasteiger partial charge in [0.1, 0.15) is 10.7 Å². The molecule has 0 unspecified atom stereocenters. The maximum absolute atomic E-state index is 11.8. The number of carbonyl (C=O) groups excluding carboxylic acids is 1. The Bertz CT molecular complexity index is 658. The standard InChI is InChI=1S/C12H10N4OS2/c17-12(10-3-1-5-18-10)13-7-9-8-16(15-14-9)11-4-2-6-19-11/h1-6,8H,7H2,(H,13,17). The number of hydrogen-bond donors (Lipinski definition) is 1. The summed E-state index contributed by atoms with van der Waals surface area (Å²) in [7, 11) is 0. The lowest BCUT2D eigenvalue weighted by atomic mass is 10.4. The maximum Gasteiger partial charge on any atom is 0.261 e. The minimum absolute atomic E-state index is 0.0827. The molecular formula is C12H10N4OS2. The van der Waals surface area contributed by atoms with Gasteiger partial charge in [-0.2, -0.15) is 0 Å². The minimum Gasteiger partial charge on any atom is -0.346 e. The minimum atomic E-state index is -0.0827. The average Bonchev–Trinajstić information content (AvgIpc) is 3.14. The first kappa shape index (κ1) is 12.1. The van der Waals surface area contributed by atoms with E-state index in [4.69, 9.17) is 0 Å². The van der Waals surface area contributed by atoms with Crippen molar-refractivity contribution in [3.63, 3.8) is 0 Å². The fraction of sp³-hybridized carbons (Fsp3) is 0.0833. The van der Waals surface area contributed by atoms with E-state index in [0.717, 1.165) is 10.7 Å². The molecule has 0 bridgehead atoms. The van der Waals surface area contributed by atoms with Gasteiger partial charge >= 0.3 is 0 Å². The third-order valence-corrected chi connectivity index (χ3v) is 4.17. The number of nitrogens with one attached hydrogen (secondary N) is 1. The van der Waals surface area contributed by atoms with Crippen LogP contribution in [0.15, 0.2) is 41.2 Å². The van der Waals surface area contributed by atoms with E-state index in [-0.39, 0.29) is 5.91 Å². The van der Waals surface area contributed by atoms with Crippen molar-refractivity contribution < 1.29 is 4.79 Å². The first-order chi connectivity index (χ1) is 9.33. The quantitative estimate of drug-likeness (QED) is 0.802. The van der Waals surface area contributed by atoms with Crippen LogP contribution in [0, 0.1) is 0 Å². The number of rotatable bonds is 4. The van der Waals surface area contributed by atoms with Crippen molar-refractivity contribution in [3.05, 3.63) is 51.8 Å². The normalized spacial score (nSPS) is 10.5. The van der Waals surface area contributed by atoms with E-state index >= 15 is 0 Å². The number of carbonyl (C=O) groups is 1. The Kier molecular flexibility index (Phi) is 3.39. The Morgan fingerprint density at radius 1 is 1.26 bits per heavy atom. The van der Waals surface area contributed by atoms with Gasteiger partial charge in [0, 0.05) is 0 Å². The Morgan fingerprint density at radius 2 is 2.11 bits per heavy atom. The molecule has 3 rings (SSSR count). The van der Waals surface area contributed by atoms with E-state index in [9.17, 15) is 4.79 Å². The van der Waals surface area contributed by atoms with Crippen LogP contribution < -0.4 is 5.32 Å². The zero-order valence-corrected chi connectivity index (χ0v) is 11.4. The Labute approximate surface area is 117 Å². The molecule has 0 radical (unpaired) electrons. The topological polar surface area (TPSA) is 59.8 Å². The molecule has 0 aliphatic carbocycles. The van der Waals surface area contributed by atoms with E-state index in [1.807, 2.05) is 35.2 Å². The van der Waals surface area contributed by atoms with Crippen LogP contribution in [0.5, 0.6) is 0 Å². The molecule has 7 heteroatoms. The van der Waals surface area contributed by atoms with Crippen molar-refractivity contribution in [3.8, 4) is 5.00 Å². The molecule has 3 heterocycles. The highest BCUT2D eigenvalue weighted by Crippen LogP contribution is 2.13. The molecule has 1 amide bonds. The second-order valence-electron chi connectivity index (χ2n) is 3.77. The summed E-state index contributed by atoms with van der Waals surface area (Å²) >= 11 is 3.00. The molecule has 19 heavy (non-hydrogen) atoms. The molecule has 0 spiro atoms. The summed E-state index contributed by atoms with van der Waals surface area (Å²) in [5, 5.41) is 15.7. The van der Waals surface area contributed by atoms with Gasteiger partial charge in [-0.05, 0) is 29.0 Å². The first-order valence-electron chi connectivity index (χ1n) is 5.60. The number of nitrogens with zero attached hydrogens (tertiary/aromatic N) is 3. The van der Waals surface area contributed by atoms with Crippen molar-refractivity contribution in [1.82, 2.24) is 20.3 Å². The molecule has 3 aromatic rings. The number of hydrogen-bond acceptors (Lipinski definition) is 5. The molecule has 0 aromatic carbocycles. The number of thiophene rings is 2. The van der Waals surface area contributed by atoms with Gasteiger partial charge < -0.3 is 5.32 Å². The molecule has 0 saturated heterocycles. The van der Waals surface area contributed by atoms with E-state index in [1.165, 1.54) is 11.3 Å². The molecule has 0 fully saturated rings. The second kappa shape index (κ2) is 5.33. The number of amides is 1. The van der Waals surface area contributed by atoms with Gasteiger partial charge in [0.15, 0.2) is 0 Å². The van der Waals surface area contributed by atoms with Crippen LogP contribution in [0.25, 0.3) is 5.00 Å². The molecule has 96 valence electrons. The Balaban J connectivity index is 1.63. The summed E-state index contributed by atoms with van der Waals surface area (Å²) in [5.41, 5.74) is 0.735. The predicted octanol–water partition coefficient (Wildman–Crippen LogP) is 2.32. The van der Waals surface area contributed by atoms with Crippen LogP contribution in [0.1, 0.15) is 15.4 Å². The van der Waals surface area contributed by atoms with Crippen LogP contribution in [0.4, 0.5) is 0 Å². The molecule has 0 saturated carbocycles. The summed E-state index contributed by atoms with van der Waals surface area (Å²) in [6.07, 6.45) is 1.82. The molecule has 1 N–H and O–H groups in total. The Hall–Kier alpha value is -1.99. The van der Waals surface area contributed by atoms with Crippen molar-refractivity contribution in [2.45, 2.75) is 6.54 Å². The molecule has 5 nitrogen and oxygen atoms in total. The smallest absolute Gasteiger partial charge is 0.261 e. The van der Waals surface area contributed by atoms with E-state index in [0.29, 0.717) is 11.4 Å². The van der Waals surface area contributed by atoms with Gasteiger partial charge in [-0.15, -0.1) is 27.8 Å². The van der Waals surface area contributed by atoms with E-state index in [2.05, 4.69) is 15.6 Å². The monoisotopic (exact) mass is 290 g/mol. The third kappa shape index (κ3) is 2.72. The van der Waals surface area contributed by atoms with Crippen LogP contribution in [0.2, 0.25) is 0 Å². The lowest BCUT2D eigenvalue weighted by molar-refractivity contribution is 0.0954. The van der Waals surface area contributed by atoms with Gasteiger partial charge in [-0.3, -0.25) is 4.79 Å². The fourth-order valence-electron chi connectivity index (χ4n) is 1.55. The fourth-order valence-corrected chi connectivity index (χ4v) is 2.84. The maximum atomic E-state index is 11.8. The molecule has 0 aliphatic heterocycles. The third-order valence-electron chi connectivity index (χ3n) is 2.45. The van der Waals surface area contributed by atoms with E-state index < -0.39 is 0 Å². The van der Waals surface area contributed by atoms with Crippen LogP contribution in [-0.4, -0.2) is 20.9 Å². The highest BCUT2D eigenvalue weighted by Gasteiger charge is 2.08. The van der Waals surface area contributed by atoms with Crippen molar-refractivity contribution in [1.29, 1.82) is 0 Å². The summed E-state index contributed by atoms with van der Waals surface area (Å²) in [6, 6.07) is 7.57. The Morgan fingerprint density at radius 3 is 2.84 bits per heavy atom. The summed E-state index contributed by atoms with van der Waals surface area (Å²) in [4.78, 5) is 12.5. The van der Waals surface area contributed by atoms with Crippen LogP contribution >= 0.6 is 22.7 Å². The molecule has 0 atom stereocenters. The molecular weight excluding hydrogens is 280 g/mol. The SMILES string of the molecule is O=C(NCc1cn(-c2cccs2)nn1)c1cccs1. The van der Waals surface area contributed by atoms with Crippen LogP contribution in [-0.2, 0) is 6.54 Å². The van der Waals surface area contributed by atoms with Gasteiger partial charge in [-0.25, -0.2) is 4.68 Å². The lowest BCUT2D eigenvalue weighted by Gasteiger charge is -1.99. The predicted molar refractivity (Wildman–Crippen MR) is 74.7 cm³/mol. The van der Waals surface area contributed by atoms with Crippen molar-refractivity contribution in [2.75, 3.05) is 0 Å². The molecule has 0 aliphatic rings. The van der Waals surface area contributed by atoms with Crippen molar-refractivity contribution >= 4 is 28.6 Å². The first-order valence-corrected chi connectivity index (χ1v) is 7.35. The lowest BCUT2D eigenvalue weighted by Crippen LogP contribution is -2.21. The van der Waals surface area contributed by atoms with Gasteiger partial charge in [-0.1, -0.05) is 11.3 Å². The summed E-state index contributed by atoms with van der Waals surface area (Å²) < 4.78 is 1.71. The summed E-state index contributed by atoms with van der Waals surface area (Å²) in [5.74, 6) is -0.0827.